The summed E-state index contributed by atoms with van der Waals surface area (Å²) in [6, 6.07) is 15.4. The third-order valence-corrected chi connectivity index (χ3v) is 5.12. The maximum atomic E-state index is 12.6. The Balaban J connectivity index is 1.82. The Morgan fingerprint density at radius 1 is 1.19 bits per heavy atom. The van der Waals surface area contributed by atoms with Crippen molar-refractivity contribution < 1.29 is 9.53 Å². The molecule has 0 saturated heterocycles. The molecule has 1 heterocycles. The first-order valence-corrected chi connectivity index (χ1v) is 9.55. The average Bonchev–Trinajstić information content (AvgIpc) is 3.00. The van der Waals surface area contributed by atoms with E-state index in [0.29, 0.717) is 0 Å². The number of unbranched alkanes of at least 4 members (excludes halogenated alkanes) is 1. The first-order chi connectivity index (χ1) is 12.7. The summed E-state index contributed by atoms with van der Waals surface area (Å²) in [6.45, 7) is 3.17. The highest BCUT2D eigenvalue weighted by Gasteiger charge is 2.10. The molecule has 2 aromatic carbocycles. The van der Waals surface area contributed by atoms with Gasteiger partial charge in [0, 0.05) is 12.2 Å². The summed E-state index contributed by atoms with van der Waals surface area (Å²) < 4.78 is 8.28. The van der Waals surface area contributed by atoms with Gasteiger partial charge in [0.25, 0.3) is 0 Å². The molecule has 0 aliphatic carbocycles. The first-order valence-electron chi connectivity index (χ1n) is 8.74. The van der Waals surface area contributed by atoms with Crippen LogP contribution in [0.3, 0.4) is 0 Å². The molecule has 6 heteroatoms. The van der Waals surface area contributed by atoms with Gasteiger partial charge in [-0.15, -0.1) is 0 Å². The van der Waals surface area contributed by atoms with Crippen LogP contribution in [0.1, 0.15) is 19.8 Å². The highest BCUT2D eigenvalue weighted by Crippen LogP contribution is 2.18. The number of nitrogens with one attached hydrogen (secondary N) is 1. The summed E-state index contributed by atoms with van der Waals surface area (Å²) in [5.41, 5.74) is 1.79. The Morgan fingerprint density at radius 2 is 1.96 bits per heavy atom. The minimum Gasteiger partial charge on any atom is -0.497 e. The number of rotatable bonds is 7. The molecule has 3 rings (SSSR count). The molecule has 0 aliphatic heterocycles. The zero-order valence-corrected chi connectivity index (χ0v) is 15.9. The van der Waals surface area contributed by atoms with Gasteiger partial charge in [-0.1, -0.05) is 36.8 Å². The van der Waals surface area contributed by atoms with Crippen molar-refractivity contribution >= 4 is 33.1 Å². The molecule has 0 unspecified atom stereocenters. The number of benzene rings is 2. The van der Waals surface area contributed by atoms with E-state index in [1.54, 1.807) is 18.4 Å². The molecule has 1 aromatic heterocycles. The van der Waals surface area contributed by atoms with Crippen LogP contribution >= 0.6 is 11.3 Å². The van der Waals surface area contributed by atoms with Gasteiger partial charge in [0.05, 0.1) is 17.3 Å². The number of para-hydroxylation sites is 1. The number of nitrogens with zero attached hydrogens (tertiary/aromatic N) is 2. The van der Waals surface area contributed by atoms with E-state index >= 15 is 0 Å². The molecule has 1 N–H and O–H groups in total. The fourth-order valence-electron chi connectivity index (χ4n) is 2.64. The molecule has 0 spiro atoms. The van der Waals surface area contributed by atoms with Crippen LogP contribution in [0, 0.1) is 0 Å². The molecule has 136 valence electrons. The number of ether oxygens (including phenoxy) is 1. The predicted molar refractivity (Wildman–Crippen MR) is 107 cm³/mol. The summed E-state index contributed by atoms with van der Waals surface area (Å²) >= 11 is 1.63. The van der Waals surface area contributed by atoms with Gasteiger partial charge >= 0.3 is 0 Å². The lowest BCUT2D eigenvalue weighted by Crippen LogP contribution is -2.25. The number of carbonyl (C=O) groups is 1. The number of carbonyl (C=O) groups excluding carboxylic acids is 1. The average molecular weight is 369 g/mol. The number of hydrogen-bond donors (Lipinski definition) is 1. The maximum Gasteiger partial charge on any atom is 0.244 e. The monoisotopic (exact) mass is 369 g/mol. The third-order valence-electron chi connectivity index (χ3n) is 4.02. The van der Waals surface area contributed by atoms with Crippen LogP contribution in [-0.2, 0) is 11.3 Å². The molecule has 0 fully saturated rings. The summed E-state index contributed by atoms with van der Waals surface area (Å²) in [4.78, 5) is 18.2. The van der Waals surface area contributed by atoms with Gasteiger partial charge < -0.3 is 14.6 Å². The predicted octanol–water partition coefficient (Wildman–Crippen LogP) is 4.05. The maximum absolute atomic E-state index is 12.6. The molecule has 5 nitrogen and oxygen atoms in total. The van der Waals surface area contributed by atoms with Crippen molar-refractivity contribution in [3.8, 4) is 5.75 Å². The Labute approximate surface area is 157 Å². The molecular formula is C20H23N3O2S. The Bertz CT molecular complexity index is 942. The Morgan fingerprint density at radius 3 is 2.69 bits per heavy atom. The van der Waals surface area contributed by atoms with Crippen LogP contribution in [0.2, 0.25) is 0 Å². The van der Waals surface area contributed by atoms with Crippen LogP contribution in [-0.4, -0.2) is 24.1 Å². The zero-order chi connectivity index (χ0) is 18.4. The van der Waals surface area contributed by atoms with E-state index < -0.39 is 0 Å². The quantitative estimate of drug-likeness (QED) is 0.639. The second-order valence-corrected chi connectivity index (χ2v) is 6.96. The van der Waals surface area contributed by atoms with Gasteiger partial charge in [-0.3, -0.25) is 9.79 Å². The topological polar surface area (TPSA) is 55.6 Å². The number of anilines is 1. The van der Waals surface area contributed by atoms with E-state index in [1.165, 1.54) is 0 Å². The number of hydrogen-bond acceptors (Lipinski definition) is 4. The first kappa shape index (κ1) is 18.2. The largest absolute Gasteiger partial charge is 0.497 e. The number of amides is 1. The van der Waals surface area contributed by atoms with Crippen molar-refractivity contribution in [1.82, 2.24) is 4.57 Å². The van der Waals surface area contributed by atoms with Crippen LogP contribution in [0.4, 0.5) is 5.69 Å². The second-order valence-electron chi connectivity index (χ2n) is 5.95. The molecule has 0 aliphatic rings. The van der Waals surface area contributed by atoms with Crippen molar-refractivity contribution in [2.75, 3.05) is 19.0 Å². The normalized spacial score (nSPS) is 11.7. The van der Waals surface area contributed by atoms with Crippen molar-refractivity contribution in [2.24, 2.45) is 4.99 Å². The van der Waals surface area contributed by atoms with Gasteiger partial charge in [-0.25, -0.2) is 0 Å². The smallest absolute Gasteiger partial charge is 0.244 e. The van der Waals surface area contributed by atoms with Gasteiger partial charge in [0.2, 0.25) is 5.91 Å². The van der Waals surface area contributed by atoms with E-state index in [-0.39, 0.29) is 12.5 Å². The number of aromatic nitrogens is 1. The lowest BCUT2D eigenvalue weighted by Gasteiger charge is -2.08. The molecule has 0 saturated carbocycles. The second kappa shape index (κ2) is 8.67. The summed E-state index contributed by atoms with van der Waals surface area (Å²) in [7, 11) is 1.62. The van der Waals surface area contributed by atoms with Crippen molar-refractivity contribution in [3.05, 3.63) is 53.3 Å². The lowest BCUT2D eigenvalue weighted by molar-refractivity contribution is -0.116. The molecule has 0 bridgehead atoms. The number of fused-ring (bicyclic) bond motifs is 1. The van der Waals surface area contributed by atoms with Crippen LogP contribution < -0.4 is 14.9 Å². The van der Waals surface area contributed by atoms with Gasteiger partial charge in [0.15, 0.2) is 4.80 Å². The van der Waals surface area contributed by atoms with E-state index in [0.717, 1.165) is 45.8 Å². The molecule has 26 heavy (non-hydrogen) atoms. The molecule has 0 radical (unpaired) electrons. The number of methoxy groups -OCH3 is 1. The molecule has 1 amide bonds. The van der Waals surface area contributed by atoms with E-state index in [9.17, 15) is 4.79 Å². The molecule has 3 aromatic rings. The van der Waals surface area contributed by atoms with Crippen molar-refractivity contribution in [1.29, 1.82) is 0 Å². The van der Waals surface area contributed by atoms with Crippen LogP contribution in [0.5, 0.6) is 5.75 Å². The molecular weight excluding hydrogens is 346 g/mol. The van der Waals surface area contributed by atoms with Gasteiger partial charge in [-0.2, -0.15) is 0 Å². The SMILES string of the molecule is CCCCN=c1sc2ccccc2n1CC(=O)Nc1ccc(OC)cc1. The summed E-state index contributed by atoms with van der Waals surface area (Å²) in [6.07, 6.45) is 2.15. The minimum atomic E-state index is -0.0735. The van der Waals surface area contributed by atoms with E-state index in [1.807, 2.05) is 47.0 Å². The lowest BCUT2D eigenvalue weighted by atomic mass is 10.3. The highest BCUT2D eigenvalue weighted by molar-refractivity contribution is 7.16. The van der Waals surface area contributed by atoms with Crippen molar-refractivity contribution in [2.45, 2.75) is 26.3 Å². The van der Waals surface area contributed by atoms with E-state index in [4.69, 9.17) is 9.73 Å². The minimum absolute atomic E-state index is 0.0735. The standard InChI is InChI=1S/C20H23N3O2S/c1-3-4-13-21-20-23(17-7-5-6-8-18(17)26-20)14-19(24)22-15-9-11-16(25-2)12-10-15/h5-12H,3-4,13-14H2,1-2H3,(H,22,24). The van der Waals surface area contributed by atoms with Gasteiger partial charge in [0.1, 0.15) is 12.3 Å². The fraction of sp³-hybridized carbons (Fsp3) is 0.300. The van der Waals surface area contributed by atoms with E-state index in [2.05, 4.69) is 18.3 Å². The number of thiazole rings is 1. The third kappa shape index (κ3) is 4.32. The Kier molecular flexibility index (Phi) is 6.07. The van der Waals surface area contributed by atoms with Crippen molar-refractivity contribution in [3.63, 3.8) is 0 Å². The van der Waals surface area contributed by atoms with Gasteiger partial charge in [-0.05, 0) is 42.8 Å². The van der Waals surface area contributed by atoms with Crippen LogP contribution in [0.15, 0.2) is 53.5 Å². The highest BCUT2D eigenvalue weighted by atomic mass is 32.1. The summed E-state index contributed by atoms with van der Waals surface area (Å²) in [5.74, 6) is 0.689. The summed E-state index contributed by atoms with van der Waals surface area (Å²) in [5, 5.41) is 2.94. The fourth-order valence-corrected chi connectivity index (χ4v) is 3.70. The molecule has 0 atom stereocenters. The zero-order valence-electron chi connectivity index (χ0n) is 15.1. The van der Waals surface area contributed by atoms with Crippen LogP contribution in [0.25, 0.3) is 10.2 Å². The Hall–Kier alpha value is -2.60.